The molecule has 1 aromatic carbocycles. The number of carboxylic acid groups (broad SMARTS) is 1. The predicted octanol–water partition coefficient (Wildman–Crippen LogP) is 1.64. The molecular formula is C13H15F2NO3. The summed E-state index contributed by atoms with van der Waals surface area (Å²) in [5, 5.41) is 8.72. The summed E-state index contributed by atoms with van der Waals surface area (Å²) in [4.78, 5) is 12.6. The molecule has 1 aliphatic rings. The molecule has 0 saturated carbocycles. The molecule has 6 heteroatoms. The van der Waals surface area contributed by atoms with E-state index < -0.39 is 17.6 Å². The molecule has 2 rings (SSSR count). The first-order chi connectivity index (χ1) is 9.02. The largest absolute Gasteiger partial charge is 0.481 e. The van der Waals surface area contributed by atoms with Crippen LogP contribution in [0.25, 0.3) is 0 Å². The highest BCUT2D eigenvalue weighted by atomic mass is 19.1. The first-order valence-electron chi connectivity index (χ1n) is 6.03. The average molecular weight is 271 g/mol. The van der Waals surface area contributed by atoms with E-state index in [2.05, 4.69) is 0 Å². The fourth-order valence-corrected chi connectivity index (χ4v) is 2.20. The third-order valence-electron chi connectivity index (χ3n) is 2.95. The summed E-state index contributed by atoms with van der Waals surface area (Å²) in [6, 6.07) is 3.39. The number of rotatable bonds is 4. The summed E-state index contributed by atoms with van der Waals surface area (Å²) in [6.45, 7) is 1.88. The molecule has 1 saturated heterocycles. The van der Waals surface area contributed by atoms with Gasteiger partial charge >= 0.3 is 5.97 Å². The van der Waals surface area contributed by atoms with Crippen LogP contribution in [0.4, 0.5) is 8.78 Å². The summed E-state index contributed by atoms with van der Waals surface area (Å²) in [7, 11) is 0. The minimum atomic E-state index is -0.913. The summed E-state index contributed by atoms with van der Waals surface area (Å²) in [5.74, 6) is -2.13. The van der Waals surface area contributed by atoms with Gasteiger partial charge in [0, 0.05) is 25.7 Å². The van der Waals surface area contributed by atoms with E-state index in [4.69, 9.17) is 9.84 Å². The molecule has 1 heterocycles. The van der Waals surface area contributed by atoms with E-state index in [0.717, 1.165) is 6.07 Å². The second-order valence-electron chi connectivity index (χ2n) is 4.60. The van der Waals surface area contributed by atoms with Gasteiger partial charge in [0.25, 0.3) is 0 Å². The lowest BCUT2D eigenvalue weighted by molar-refractivity contribution is -0.142. The van der Waals surface area contributed by atoms with Gasteiger partial charge in [-0.25, -0.2) is 8.78 Å². The number of aliphatic carboxylic acids is 1. The molecule has 1 aromatic rings. The van der Waals surface area contributed by atoms with Crippen molar-refractivity contribution in [3.05, 3.63) is 35.4 Å². The standard InChI is InChI=1S/C13H15F2NO3/c14-10-3-9(4-11(15)5-10)7-16-1-2-19-12(8-16)6-13(17)18/h3-5,12H,1-2,6-8H2,(H,17,18). The Morgan fingerprint density at radius 2 is 2.05 bits per heavy atom. The van der Waals surface area contributed by atoms with Crippen molar-refractivity contribution < 1.29 is 23.4 Å². The highest BCUT2D eigenvalue weighted by molar-refractivity contribution is 5.67. The van der Waals surface area contributed by atoms with Crippen LogP contribution in [0.1, 0.15) is 12.0 Å². The van der Waals surface area contributed by atoms with Crippen molar-refractivity contribution in [3.63, 3.8) is 0 Å². The normalized spacial score (nSPS) is 20.4. The number of carboxylic acids is 1. The van der Waals surface area contributed by atoms with E-state index >= 15 is 0 Å². The average Bonchev–Trinajstić information content (AvgIpc) is 2.26. The van der Waals surface area contributed by atoms with E-state index in [1.165, 1.54) is 12.1 Å². The Bertz CT molecular complexity index is 447. The Kier molecular flexibility index (Phi) is 4.44. The van der Waals surface area contributed by atoms with Crippen LogP contribution in [0.2, 0.25) is 0 Å². The topological polar surface area (TPSA) is 49.8 Å². The van der Waals surface area contributed by atoms with Crippen molar-refractivity contribution in [2.45, 2.75) is 19.1 Å². The van der Waals surface area contributed by atoms with Crippen molar-refractivity contribution in [2.75, 3.05) is 19.7 Å². The van der Waals surface area contributed by atoms with Crippen LogP contribution >= 0.6 is 0 Å². The Morgan fingerprint density at radius 3 is 2.68 bits per heavy atom. The lowest BCUT2D eigenvalue weighted by Crippen LogP contribution is -2.42. The monoisotopic (exact) mass is 271 g/mol. The maximum Gasteiger partial charge on any atom is 0.306 e. The van der Waals surface area contributed by atoms with Crippen LogP contribution in [0.3, 0.4) is 0 Å². The zero-order chi connectivity index (χ0) is 13.8. The second-order valence-corrected chi connectivity index (χ2v) is 4.60. The molecule has 0 radical (unpaired) electrons. The molecule has 1 aliphatic heterocycles. The fraction of sp³-hybridized carbons (Fsp3) is 0.462. The van der Waals surface area contributed by atoms with E-state index in [0.29, 0.717) is 31.8 Å². The van der Waals surface area contributed by atoms with Gasteiger partial charge in [0.2, 0.25) is 0 Å². The van der Waals surface area contributed by atoms with Gasteiger partial charge in [0.1, 0.15) is 11.6 Å². The predicted molar refractivity (Wildman–Crippen MR) is 63.6 cm³/mol. The Balaban J connectivity index is 1.96. The molecule has 19 heavy (non-hydrogen) atoms. The molecule has 0 spiro atoms. The van der Waals surface area contributed by atoms with E-state index in [1.54, 1.807) is 0 Å². The van der Waals surface area contributed by atoms with Crippen LogP contribution < -0.4 is 0 Å². The first kappa shape index (κ1) is 13.9. The van der Waals surface area contributed by atoms with Crippen LogP contribution in [0.5, 0.6) is 0 Å². The smallest absolute Gasteiger partial charge is 0.306 e. The summed E-state index contributed by atoms with van der Waals surface area (Å²) < 4.78 is 31.5. The van der Waals surface area contributed by atoms with Crippen LogP contribution in [0.15, 0.2) is 18.2 Å². The highest BCUT2D eigenvalue weighted by Gasteiger charge is 2.22. The second kappa shape index (κ2) is 6.08. The number of hydrogen-bond donors (Lipinski definition) is 1. The van der Waals surface area contributed by atoms with E-state index in [1.807, 2.05) is 4.90 Å². The first-order valence-corrected chi connectivity index (χ1v) is 6.03. The van der Waals surface area contributed by atoms with Gasteiger partial charge in [-0.05, 0) is 17.7 Å². The SMILES string of the molecule is O=C(O)CC1CN(Cc2cc(F)cc(F)c2)CCO1. The highest BCUT2D eigenvalue weighted by Crippen LogP contribution is 2.14. The number of ether oxygens (including phenoxy) is 1. The van der Waals surface area contributed by atoms with Gasteiger partial charge in [-0.3, -0.25) is 9.69 Å². The van der Waals surface area contributed by atoms with Gasteiger partial charge in [-0.1, -0.05) is 0 Å². The zero-order valence-electron chi connectivity index (χ0n) is 10.3. The van der Waals surface area contributed by atoms with Crippen LogP contribution in [-0.4, -0.2) is 41.8 Å². The quantitative estimate of drug-likeness (QED) is 0.904. The van der Waals surface area contributed by atoms with Gasteiger partial charge in [-0.15, -0.1) is 0 Å². The number of benzene rings is 1. The van der Waals surface area contributed by atoms with Crippen LogP contribution in [-0.2, 0) is 16.1 Å². The number of hydrogen-bond acceptors (Lipinski definition) is 3. The summed E-state index contributed by atoms with van der Waals surface area (Å²) in [6.07, 6.45) is -0.432. The molecule has 0 aromatic heterocycles. The summed E-state index contributed by atoms with van der Waals surface area (Å²) >= 11 is 0. The third kappa shape index (κ3) is 4.25. The Hall–Kier alpha value is -1.53. The van der Waals surface area contributed by atoms with Gasteiger partial charge in [-0.2, -0.15) is 0 Å². The van der Waals surface area contributed by atoms with Crippen LogP contribution in [0, 0.1) is 11.6 Å². The van der Waals surface area contributed by atoms with Crippen molar-refractivity contribution in [1.82, 2.24) is 4.90 Å². The Morgan fingerprint density at radius 1 is 1.37 bits per heavy atom. The molecule has 104 valence electrons. The van der Waals surface area contributed by atoms with Crippen molar-refractivity contribution >= 4 is 5.97 Å². The maximum atomic E-state index is 13.1. The lowest BCUT2D eigenvalue weighted by Gasteiger charge is -2.32. The summed E-state index contributed by atoms with van der Waals surface area (Å²) in [5.41, 5.74) is 0.536. The number of nitrogens with zero attached hydrogens (tertiary/aromatic N) is 1. The lowest BCUT2D eigenvalue weighted by atomic mass is 10.1. The van der Waals surface area contributed by atoms with Crippen molar-refractivity contribution in [1.29, 1.82) is 0 Å². The number of carbonyl (C=O) groups is 1. The molecule has 1 atom stereocenters. The fourth-order valence-electron chi connectivity index (χ4n) is 2.20. The molecular weight excluding hydrogens is 256 g/mol. The van der Waals surface area contributed by atoms with E-state index in [-0.39, 0.29) is 12.5 Å². The molecule has 1 unspecified atom stereocenters. The van der Waals surface area contributed by atoms with Crippen molar-refractivity contribution in [2.24, 2.45) is 0 Å². The minimum Gasteiger partial charge on any atom is -0.481 e. The van der Waals surface area contributed by atoms with Crippen molar-refractivity contribution in [3.8, 4) is 0 Å². The van der Waals surface area contributed by atoms with Gasteiger partial charge in [0.15, 0.2) is 0 Å². The molecule has 1 N–H and O–H groups in total. The number of halogens is 2. The van der Waals surface area contributed by atoms with E-state index in [9.17, 15) is 13.6 Å². The molecule has 0 aliphatic carbocycles. The maximum absolute atomic E-state index is 13.1. The van der Waals surface area contributed by atoms with Gasteiger partial charge < -0.3 is 9.84 Å². The molecule has 4 nitrogen and oxygen atoms in total. The zero-order valence-corrected chi connectivity index (χ0v) is 10.3. The van der Waals surface area contributed by atoms with Gasteiger partial charge in [0.05, 0.1) is 19.1 Å². The molecule has 0 amide bonds. The number of morpholine rings is 1. The minimum absolute atomic E-state index is 0.0615. The molecule has 0 bridgehead atoms. The third-order valence-corrected chi connectivity index (χ3v) is 2.95. The molecule has 1 fully saturated rings. The Labute approximate surface area is 109 Å².